The molecule has 1 N–H and O–H groups in total. The second-order valence-electron chi connectivity index (χ2n) is 5.18. The van der Waals surface area contributed by atoms with E-state index in [0.29, 0.717) is 11.6 Å². The van der Waals surface area contributed by atoms with Gasteiger partial charge in [0.1, 0.15) is 5.75 Å². The molecular formula is C17H20N2O2. The number of hydrogen-bond donors (Lipinski definition) is 1. The zero-order valence-electron chi connectivity index (χ0n) is 12.5. The molecule has 0 aliphatic heterocycles. The molecule has 1 amide bonds. The summed E-state index contributed by atoms with van der Waals surface area (Å²) in [7, 11) is 0. The Morgan fingerprint density at radius 3 is 2.57 bits per heavy atom. The summed E-state index contributed by atoms with van der Waals surface area (Å²) in [5, 5.41) is 2.78. The summed E-state index contributed by atoms with van der Waals surface area (Å²) >= 11 is 0. The molecular weight excluding hydrogens is 264 g/mol. The highest BCUT2D eigenvalue weighted by atomic mass is 16.5. The fraction of sp³-hybridized carbons (Fsp3) is 0.294. The van der Waals surface area contributed by atoms with Crippen LogP contribution in [0.5, 0.6) is 5.75 Å². The third kappa shape index (κ3) is 4.05. The molecule has 1 atom stereocenters. The van der Waals surface area contributed by atoms with Gasteiger partial charge >= 0.3 is 0 Å². The number of ether oxygens (including phenoxy) is 1. The van der Waals surface area contributed by atoms with Crippen LogP contribution < -0.4 is 10.1 Å². The molecule has 0 unspecified atom stereocenters. The number of nitrogens with zero attached hydrogens (tertiary/aromatic N) is 1. The summed E-state index contributed by atoms with van der Waals surface area (Å²) in [4.78, 5) is 16.1. The van der Waals surface area contributed by atoms with Gasteiger partial charge in [0.2, 0.25) is 0 Å². The highest BCUT2D eigenvalue weighted by molar-refractivity contribution is 5.93. The minimum Gasteiger partial charge on any atom is -0.481 e. The minimum atomic E-state index is -0.579. The van der Waals surface area contributed by atoms with Crippen LogP contribution in [0.15, 0.2) is 48.8 Å². The fourth-order valence-electron chi connectivity index (χ4n) is 1.99. The highest BCUT2D eigenvalue weighted by Gasteiger charge is 2.17. The van der Waals surface area contributed by atoms with Gasteiger partial charge in [0.25, 0.3) is 5.91 Å². The number of aromatic nitrogens is 1. The lowest BCUT2D eigenvalue weighted by atomic mass is 10.0. The summed E-state index contributed by atoms with van der Waals surface area (Å²) in [6.07, 6.45) is 2.69. The molecule has 1 aromatic heterocycles. The van der Waals surface area contributed by atoms with E-state index in [1.165, 1.54) is 0 Å². The molecule has 0 saturated heterocycles. The van der Waals surface area contributed by atoms with Crippen molar-refractivity contribution in [3.63, 3.8) is 0 Å². The molecule has 2 aromatic rings. The molecule has 21 heavy (non-hydrogen) atoms. The van der Waals surface area contributed by atoms with E-state index in [9.17, 15) is 4.79 Å². The molecule has 0 aliphatic carbocycles. The lowest BCUT2D eigenvalue weighted by Gasteiger charge is -2.18. The number of anilines is 1. The van der Waals surface area contributed by atoms with Gasteiger partial charge in [0, 0.05) is 6.20 Å². The van der Waals surface area contributed by atoms with Crippen LogP contribution in [0, 0.1) is 0 Å². The summed E-state index contributed by atoms with van der Waals surface area (Å²) in [6.45, 7) is 5.94. The van der Waals surface area contributed by atoms with Crippen LogP contribution in [0.25, 0.3) is 0 Å². The molecule has 1 heterocycles. The van der Waals surface area contributed by atoms with Crippen LogP contribution in [0.3, 0.4) is 0 Å². The number of hydrogen-bond acceptors (Lipinski definition) is 3. The molecule has 4 nitrogen and oxygen atoms in total. The number of carbonyl (C=O) groups excluding carboxylic acids is 1. The molecule has 4 heteroatoms. The molecule has 110 valence electrons. The Morgan fingerprint density at radius 1 is 1.14 bits per heavy atom. The second kappa shape index (κ2) is 6.88. The molecule has 2 rings (SSSR count). The second-order valence-corrected chi connectivity index (χ2v) is 5.18. The summed E-state index contributed by atoms with van der Waals surface area (Å²) in [6, 6.07) is 11.4. The molecule has 0 spiro atoms. The first-order valence-corrected chi connectivity index (χ1v) is 7.04. The minimum absolute atomic E-state index is 0.193. The van der Waals surface area contributed by atoms with Gasteiger partial charge in [-0.3, -0.25) is 9.78 Å². The van der Waals surface area contributed by atoms with Crippen molar-refractivity contribution in [1.29, 1.82) is 0 Å². The number of pyridine rings is 1. The number of amides is 1. The fourth-order valence-corrected chi connectivity index (χ4v) is 1.99. The van der Waals surface area contributed by atoms with Crippen LogP contribution in [0.2, 0.25) is 0 Å². The topological polar surface area (TPSA) is 51.2 Å². The summed E-state index contributed by atoms with van der Waals surface area (Å²) in [5.74, 6) is 0.901. The number of rotatable bonds is 5. The Bertz CT molecular complexity index is 597. The zero-order chi connectivity index (χ0) is 15.2. The molecule has 0 saturated carbocycles. The maximum absolute atomic E-state index is 12.1. The largest absolute Gasteiger partial charge is 0.481 e. The van der Waals surface area contributed by atoms with E-state index in [0.717, 1.165) is 11.3 Å². The number of nitrogens with one attached hydrogen (secondary N) is 1. The predicted molar refractivity (Wildman–Crippen MR) is 83.5 cm³/mol. The average Bonchev–Trinajstić information content (AvgIpc) is 2.48. The smallest absolute Gasteiger partial charge is 0.265 e. The maximum Gasteiger partial charge on any atom is 0.265 e. The van der Waals surface area contributed by atoms with Crippen molar-refractivity contribution in [3.05, 3.63) is 54.4 Å². The Morgan fingerprint density at radius 2 is 1.90 bits per heavy atom. The first-order chi connectivity index (χ1) is 10.1. The van der Waals surface area contributed by atoms with Crippen molar-refractivity contribution in [2.24, 2.45) is 0 Å². The van der Waals surface area contributed by atoms with E-state index < -0.39 is 6.10 Å². The van der Waals surface area contributed by atoms with Gasteiger partial charge in [-0.1, -0.05) is 32.0 Å². The van der Waals surface area contributed by atoms with E-state index in [-0.39, 0.29) is 5.91 Å². The standard InChI is InChI=1S/C17H20N2O2/c1-12(2)15-8-4-5-9-16(15)21-13(3)17(20)19-14-7-6-10-18-11-14/h4-13H,1-3H3,(H,19,20)/t13-/m0/s1. The molecule has 0 fully saturated rings. The van der Waals surface area contributed by atoms with Gasteiger partial charge in [-0.2, -0.15) is 0 Å². The number of para-hydroxylation sites is 1. The molecule has 0 radical (unpaired) electrons. The number of benzene rings is 1. The Labute approximate surface area is 125 Å². The Balaban J connectivity index is 2.04. The summed E-state index contributed by atoms with van der Waals surface area (Å²) < 4.78 is 5.81. The Hall–Kier alpha value is -2.36. The van der Waals surface area contributed by atoms with Crippen molar-refractivity contribution < 1.29 is 9.53 Å². The van der Waals surface area contributed by atoms with Crippen molar-refractivity contribution >= 4 is 11.6 Å². The third-order valence-corrected chi connectivity index (χ3v) is 3.14. The monoisotopic (exact) mass is 284 g/mol. The van der Waals surface area contributed by atoms with Crippen LogP contribution in [-0.2, 0) is 4.79 Å². The van der Waals surface area contributed by atoms with E-state index in [4.69, 9.17) is 4.74 Å². The normalized spacial score (nSPS) is 12.0. The third-order valence-electron chi connectivity index (χ3n) is 3.14. The van der Waals surface area contributed by atoms with Crippen LogP contribution in [0.4, 0.5) is 5.69 Å². The van der Waals surface area contributed by atoms with Gasteiger partial charge < -0.3 is 10.1 Å². The molecule has 1 aromatic carbocycles. The predicted octanol–water partition coefficient (Wildman–Crippen LogP) is 3.61. The maximum atomic E-state index is 12.1. The lowest BCUT2D eigenvalue weighted by Crippen LogP contribution is -2.30. The van der Waals surface area contributed by atoms with Crippen molar-refractivity contribution in [2.45, 2.75) is 32.8 Å². The van der Waals surface area contributed by atoms with E-state index in [1.54, 1.807) is 31.5 Å². The van der Waals surface area contributed by atoms with Crippen LogP contribution in [-0.4, -0.2) is 17.0 Å². The van der Waals surface area contributed by atoms with Crippen molar-refractivity contribution in [3.8, 4) is 5.75 Å². The van der Waals surface area contributed by atoms with E-state index in [2.05, 4.69) is 24.1 Å². The lowest BCUT2D eigenvalue weighted by molar-refractivity contribution is -0.122. The molecule has 0 bridgehead atoms. The van der Waals surface area contributed by atoms with Gasteiger partial charge in [-0.25, -0.2) is 0 Å². The van der Waals surface area contributed by atoms with Crippen molar-refractivity contribution in [2.75, 3.05) is 5.32 Å². The summed E-state index contributed by atoms with van der Waals surface area (Å²) in [5.41, 5.74) is 1.76. The van der Waals surface area contributed by atoms with Gasteiger partial charge in [0.15, 0.2) is 6.10 Å². The quantitative estimate of drug-likeness (QED) is 0.912. The molecule has 0 aliphatic rings. The van der Waals surface area contributed by atoms with Crippen LogP contribution >= 0.6 is 0 Å². The number of carbonyl (C=O) groups is 1. The van der Waals surface area contributed by atoms with Crippen LogP contribution in [0.1, 0.15) is 32.3 Å². The first kappa shape index (κ1) is 15.0. The highest BCUT2D eigenvalue weighted by Crippen LogP contribution is 2.26. The average molecular weight is 284 g/mol. The Kier molecular flexibility index (Phi) is 4.93. The van der Waals surface area contributed by atoms with Gasteiger partial charge in [0.05, 0.1) is 11.9 Å². The van der Waals surface area contributed by atoms with Gasteiger partial charge in [-0.15, -0.1) is 0 Å². The SMILES string of the molecule is CC(C)c1ccccc1O[C@@H](C)C(=O)Nc1cccnc1. The van der Waals surface area contributed by atoms with Gasteiger partial charge in [-0.05, 0) is 36.6 Å². The first-order valence-electron chi connectivity index (χ1n) is 7.04. The van der Waals surface area contributed by atoms with E-state index >= 15 is 0 Å². The van der Waals surface area contributed by atoms with E-state index in [1.807, 2.05) is 24.3 Å². The zero-order valence-corrected chi connectivity index (χ0v) is 12.5. The van der Waals surface area contributed by atoms with Crippen molar-refractivity contribution in [1.82, 2.24) is 4.98 Å².